The first kappa shape index (κ1) is 10.5. The molecule has 3 aromatic rings. The van der Waals surface area contributed by atoms with Gasteiger partial charge in [0.25, 0.3) is 0 Å². The Bertz CT molecular complexity index is 583. The van der Waals surface area contributed by atoms with Crippen LogP contribution in [0.4, 0.5) is 0 Å². The van der Waals surface area contributed by atoms with E-state index in [1.54, 1.807) is 0 Å². The third-order valence-electron chi connectivity index (χ3n) is 2.65. The van der Waals surface area contributed by atoms with Crippen LogP contribution in [0, 0.1) is 0 Å². The van der Waals surface area contributed by atoms with E-state index in [2.05, 4.69) is 46.3 Å². The van der Waals surface area contributed by atoms with Gasteiger partial charge in [0.15, 0.2) is 0 Å². The van der Waals surface area contributed by atoms with E-state index < -0.39 is 0 Å². The van der Waals surface area contributed by atoms with Crippen LogP contribution in [-0.4, -0.2) is 19.5 Å². The molecule has 2 heterocycles. The van der Waals surface area contributed by atoms with Crippen LogP contribution in [-0.2, 0) is 0 Å². The van der Waals surface area contributed by atoms with E-state index in [4.69, 9.17) is 0 Å². The molecule has 0 N–H and O–H groups in total. The van der Waals surface area contributed by atoms with Crippen LogP contribution in [0.3, 0.4) is 0 Å². The summed E-state index contributed by atoms with van der Waals surface area (Å²) >= 11 is 0.506. The number of hydrogen-bond donors (Lipinski definition) is 0. The first-order valence-corrected chi connectivity index (χ1v) is 7.33. The fourth-order valence-electron chi connectivity index (χ4n) is 1.78. The summed E-state index contributed by atoms with van der Waals surface area (Å²) in [5.41, 5.74) is 3.53. The van der Waals surface area contributed by atoms with Crippen molar-refractivity contribution in [3.63, 3.8) is 0 Å². The van der Waals surface area contributed by atoms with E-state index in [-0.39, 0.29) is 0 Å². The van der Waals surface area contributed by atoms with Crippen molar-refractivity contribution in [1.82, 2.24) is 4.98 Å². The predicted molar refractivity (Wildman–Crippen MR) is 72.0 cm³/mol. The standard InChI is InChI=1S/C15H11NSe/c1-2-10-16-14(4-1)12-6-8-13(9-7-12)15-5-3-11-17-15/h1-11H. The molecule has 0 unspecified atom stereocenters. The molecule has 0 atom stereocenters. The van der Waals surface area contributed by atoms with Crippen molar-refractivity contribution in [2.75, 3.05) is 0 Å². The van der Waals surface area contributed by atoms with Crippen LogP contribution in [0.2, 0.25) is 0 Å². The van der Waals surface area contributed by atoms with E-state index in [9.17, 15) is 0 Å². The zero-order valence-electron chi connectivity index (χ0n) is 9.21. The van der Waals surface area contributed by atoms with E-state index in [0.29, 0.717) is 14.5 Å². The Hall–Kier alpha value is -1.63. The van der Waals surface area contributed by atoms with Crippen LogP contribution in [0.25, 0.3) is 21.3 Å². The third-order valence-corrected chi connectivity index (χ3v) is 4.58. The van der Waals surface area contributed by atoms with Crippen molar-refractivity contribution >= 4 is 14.5 Å². The molecule has 0 amide bonds. The monoisotopic (exact) mass is 285 g/mol. The minimum atomic E-state index is 0.506. The van der Waals surface area contributed by atoms with Crippen molar-refractivity contribution in [3.05, 3.63) is 65.7 Å². The Morgan fingerprint density at radius 3 is 2.24 bits per heavy atom. The molecule has 3 rings (SSSR count). The second kappa shape index (κ2) is 4.70. The van der Waals surface area contributed by atoms with Crippen molar-refractivity contribution in [3.8, 4) is 21.3 Å². The summed E-state index contributed by atoms with van der Waals surface area (Å²) in [4.78, 5) is 6.60. The summed E-state index contributed by atoms with van der Waals surface area (Å²) in [7, 11) is 0. The van der Waals surface area contributed by atoms with E-state index >= 15 is 0 Å². The quantitative estimate of drug-likeness (QED) is 0.657. The van der Waals surface area contributed by atoms with Gasteiger partial charge in [-0.15, -0.1) is 0 Å². The van der Waals surface area contributed by atoms with Crippen LogP contribution in [0.1, 0.15) is 0 Å². The summed E-state index contributed by atoms with van der Waals surface area (Å²) in [6.07, 6.45) is 1.83. The Morgan fingerprint density at radius 1 is 0.765 bits per heavy atom. The van der Waals surface area contributed by atoms with E-state index in [0.717, 1.165) is 5.69 Å². The van der Waals surface area contributed by atoms with Crippen LogP contribution in [0.15, 0.2) is 65.7 Å². The number of rotatable bonds is 2. The Kier molecular flexibility index (Phi) is 2.91. The average molecular weight is 284 g/mol. The van der Waals surface area contributed by atoms with Gasteiger partial charge < -0.3 is 0 Å². The second-order valence-corrected chi connectivity index (χ2v) is 5.76. The van der Waals surface area contributed by atoms with Gasteiger partial charge >= 0.3 is 106 Å². The maximum absolute atomic E-state index is 4.35. The number of benzene rings is 1. The molecule has 0 aliphatic heterocycles. The molecule has 17 heavy (non-hydrogen) atoms. The molecule has 2 heteroatoms. The molecular weight excluding hydrogens is 273 g/mol. The molecule has 0 radical (unpaired) electrons. The summed E-state index contributed by atoms with van der Waals surface area (Å²) in [5, 5.41) is 0. The van der Waals surface area contributed by atoms with Gasteiger partial charge in [0.1, 0.15) is 0 Å². The normalized spacial score (nSPS) is 10.4. The fourth-order valence-corrected chi connectivity index (χ4v) is 3.32. The summed E-state index contributed by atoms with van der Waals surface area (Å²) in [6, 6.07) is 19.0. The fraction of sp³-hybridized carbons (Fsp3) is 0. The van der Waals surface area contributed by atoms with Crippen LogP contribution in [0.5, 0.6) is 0 Å². The van der Waals surface area contributed by atoms with Gasteiger partial charge in [-0.1, -0.05) is 0 Å². The molecule has 2 aromatic heterocycles. The summed E-state index contributed by atoms with van der Waals surface area (Å²) < 4.78 is 1.45. The molecule has 1 aromatic carbocycles. The molecule has 82 valence electrons. The summed E-state index contributed by atoms with van der Waals surface area (Å²) in [6.45, 7) is 0. The van der Waals surface area contributed by atoms with Gasteiger partial charge in [0, 0.05) is 0 Å². The van der Waals surface area contributed by atoms with Crippen molar-refractivity contribution in [2.24, 2.45) is 0 Å². The first-order chi connectivity index (χ1) is 8.43. The molecule has 0 aliphatic rings. The molecule has 0 saturated carbocycles. The van der Waals surface area contributed by atoms with Gasteiger partial charge in [0.05, 0.1) is 0 Å². The Balaban J connectivity index is 1.96. The van der Waals surface area contributed by atoms with Crippen molar-refractivity contribution in [2.45, 2.75) is 0 Å². The van der Waals surface area contributed by atoms with Gasteiger partial charge in [-0.05, 0) is 0 Å². The molecule has 0 aliphatic carbocycles. The SMILES string of the molecule is c1ccc(-c2ccc(-c3ccc[se]3)cc2)nc1. The summed E-state index contributed by atoms with van der Waals surface area (Å²) in [5.74, 6) is 0. The molecule has 0 saturated heterocycles. The number of nitrogens with zero attached hydrogens (tertiary/aromatic N) is 1. The molecule has 0 spiro atoms. The van der Waals surface area contributed by atoms with Crippen molar-refractivity contribution in [1.29, 1.82) is 0 Å². The number of hydrogen-bond acceptors (Lipinski definition) is 1. The second-order valence-electron chi connectivity index (χ2n) is 3.77. The number of pyridine rings is 1. The zero-order chi connectivity index (χ0) is 11.5. The van der Waals surface area contributed by atoms with Gasteiger partial charge in [-0.2, -0.15) is 0 Å². The van der Waals surface area contributed by atoms with E-state index in [1.807, 2.05) is 24.4 Å². The Labute approximate surface area is 107 Å². The zero-order valence-corrected chi connectivity index (χ0v) is 10.9. The van der Waals surface area contributed by atoms with Gasteiger partial charge in [-0.25, -0.2) is 0 Å². The molecular formula is C15H11NSe. The molecule has 0 fully saturated rings. The predicted octanol–water partition coefficient (Wildman–Crippen LogP) is 3.47. The average Bonchev–Trinajstić information content (AvgIpc) is 2.94. The van der Waals surface area contributed by atoms with Crippen LogP contribution >= 0.6 is 0 Å². The van der Waals surface area contributed by atoms with Crippen molar-refractivity contribution < 1.29 is 0 Å². The maximum atomic E-state index is 4.35. The third kappa shape index (κ3) is 2.23. The molecule has 0 bridgehead atoms. The van der Waals surface area contributed by atoms with Crippen LogP contribution < -0.4 is 0 Å². The van der Waals surface area contributed by atoms with Gasteiger partial charge in [-0.3, -0.25) is 0 Å². The first-order valence-electron chi connectivity index (χ1n) is 5.49. The van der Waals surface area contributed by atoms with Gasteiger partial charge in [0.2, 0.25) is 0 Å². The number of aromatic nitrogens is 1. The van der Waals surface area contributed by atoms with E-state index in [1.165, 1.54) is 15.6 Å². The topological polar surface area (TPSA) is 12.9 Å². The minimum absolute atomic E-state index is 0.506. The molecule has 1 nitrogen and oxygen atoms in total. The Morgan fingerprint density at radius 2 is 1.59 bits per heavy atom.